The Labute approximate surface area is 179 Å². The fourth-order valence-electron chi connectivity index (χ4n) is 3.31. The van der Waals surface area contributed by atoms with Gasteiger partial charge in [0.25, 0.3) is 5.91 Å². The van der Waals surface area contributed by atoms with E-state index in [1.807, 2.05) is 5.10 Å². The van der Waals surface area contributed by atoms with Gasteiger partial charge in [0.05, 0.1) is 11.6 Å². The molecule has 1 saturated carbocycles. The van der Waals surface area contributed by atoms with Crippen molar-refractivity contribution in [1.82, 2.24) is 15.5 Å². The average Bonchev–Trinajstić information content (AvgIpc) is 3.04. The molecule has 0 unspecified atom stereocenters. The van der Waals surface area contributed by atoms with Gasteiger partial charge in [0.1, 0.15) is 5.69 Å². The molecule has 1 aromatic heterocycles. The first-order valence-electron chi connectivity index (χ1n) is 9.98. The Balaban J connectivity index is 1.80. The minimum atomic E-state index is -4.63. The number of rotatable bonds is 3. The summed E-state index contributed by atoms with van der Waals surface area (Å²) in [5.74, 6) is -1.09. The van der Waals surface area contributed by atoms with Gasteiger partial charge in [-0.05, 0) is 37.1 Å². The topological polar surface area (TPSA) is 82.2 Å². The number of aromatic amines is 1. The third kappa shape index (κ3) is 6.47. The van der Waals surface area contributed by atoms with E-state index in [-0.39, 0.29) is 23.4 Å². The summed E-state index contributed by atoms with van der Waals surface area (Å²) < 4.78 is 76.7. The predicted molar refractivity (Wildman–Crippen MR) is 105 cm³/mol. The maximum Gasteiger partial charge on any atom is 0.432 e. The molecular weight excluding hydrogens is 440 g/mol. The highest BCUT2D eigenvalue weighted by Crippen LogP contribution is 2.30. The van der Waals surface area contributed by atoms with E-state index in [0.717, 1.165) is 68.9 Å². The fourth-order valence-corrected chi connectivity index (χ4v) is 3.31. The van der Waals surface area contributed by atoms with Crippen LogP contribution in [-0.4, -0.2) is 28.1 Å². The van der Waals surface area contributed by atoms with E-state index in [1.165, 1.54) is 0 Å². The maximum absolute atomic E-state index is 12.8. The molecule has 0 saturated heterocycles. The smallest absolute Gasteiger partial charge is 0.309 e. The zero-order chi connectivity index (χ0) is 23.4. The van der Waals surface area contributed by atoms with Crippen molar-refractivity contribution in [2.75, 3.05) is 5.32 Å². The SMILES string of the molecule is O=C(NC(=NC1CCCCCC1)Nc1cc(C(F)(F)F)[nH]n1)c1ccc(C(F)(F)F)cc1. The summed E-state index contributed by atoms with van der Waals surface area (Å²) in [6.07, 6.45) is -3.74. The number of halogens is 6. The van der Waals surface area contributed by atoms with E-state index in [9.17, 15) is 31.1 Å². The molecule has 174 valence electrons. The lowest BCUT2D eigenvalue weighted by atomic mass is 10.1. The summed E-state index contributed by atoms with van der Waals surface area (Å²) in [4.78, 5) is 17.0. The molecule has 0 radical (unpaired) electrons. The fraction of sp³-hybridized carbons (Fsp3) is 0.450. The molecule has 32 heavy (non-hydrogen) atoms. The average molecular weight is 461 g/mol. The summed E-state index contributed by atoms with van der Waals surface area (Å²) in [6, 6.07) is 4.14. The number of amides is 1. The summed E-state index contributed by atoms with van der Waals surface area (Å²) in [5.41, 5.74) is -2.05. The number of aromatic nitrogens is 2. The van der Waals surface area contributed by atoms with Crippen molar-refractivity contribution in [1.29, 1.82) is 0 Å². The highest BCUT2D eigenvalue weighted by atomic mass is 19.4. The number of carbonyl (C=O) groups is 1. The quantitative estimate of drug-likeness (QED) is 0.249. The molecule has 3 rings (SSSR count). The lowest BCUT2D eigenvalue weighted by Crippen LogP contribution is -2.37. The largest absolute Gasteiger partial charge is 0.432 e. The van der Waals surface area contributed by atoms with Crippen molar-refractivity contribution < 1.29 is 31.1 Å². The van der Waals surface area contributed by atoms with Gasteiger partial charge in [-0.3, -0.25) is 15.2 Å². The van der Waals surface area contributed by atoms with Crippen LogP contribution >= 0.6 is 0 Å². The first-order valence-corrected chi connectivity index (χ1v) is 9.98. The minimum Gasteiger partial charge on any atom is -0.309 e. The number of anilines is 1. The second-order valence-electron chi connectivity index (χ2n) is 7.44. The molecule has 0 aliphatic heterocycles. The minimum absolute atomic E-state index is 0.0635. The molecule has 0 bridgehead atoms. The number of nitrogens with one attached hydrogen (secondary N) is 3. The highest BCUT2D eigenvalue weighted by Gasteiger charge is 2.33. The molecule has 6 nitrogen and oxygen atoms in total. The van der Waals surface area contributed by atoms with Gasteiger partial charge in [-0.15, -0.1) is 0 Å². The zero-order valence-electron chi connectivity index (χ0n) is 16.8. The molecule has 1 aromatic carbocycles. The molecule has 1 aliphatic carbocycles. The Morgan fingerprint density at radius 3 is 2.12 bits per heavy atom. The normalized spacial score (nSPS) is 16.5. The van der Waals surface area contributed by atoms with E-state index in [0.29, 0.717) is 0 Å². The van der Waals surface area contributed by atoms with E-state index in [1.54, 1.807) is 0 Å². The summed E-state index contributed by atoms with van der Waals surface area (Å²) in [5, 5.41) is 10.4. The van der Waals surface area contributed by atoms with Crippen molar-refractivity contribution in [2.24, 2.45) is 4.99 Å². The van der Waals surface area contributed by atoms with Crippen LogP contribution in [0.2, 0.25) is 0 Å². The Bertz CT molecular complexity index is 941. The molecule has 0 atom stereocenters. The van der Waals surface area contributed by atoms with Gasteiger partial charge in [0.2, 0.25) is 5.96 Å². The number of nitrogens with zero attached hydrogens (tertiary/aromatic N) is 2. The van der Waals surface area contributed by atoms with Crippen molar-refractivity contribution in [3.8, 4) is 0 Å². The Hall–Kier alpha value is -3.05. The Morgan fingerprint density at radius 2 is 1.59 bits per heavy atom. The maximum atomic E-state index is 12.8. The van der Waals surface area contributed by atoms with Crippen molar-refractivity contribution >= 4 is 17.7 Å². The van der Waals surface area contributed by atoms with Crippen LogP contribution in [0.25, 0.3) is 0 Å². The van der Waals surface area contributed by atoms with Crippen LogP contribution in [-0.2, 0) is 12.4 Å². The number of hydrogen-bond donors (Lipinski definition) is 3. The van der Waals surface area contributed by atoms with E-state index in [2.05, 4.69) is 20.7 Å². The third-order valence-electron chi connectivity index (χ3n) is 4.97. The second kappa shape index (κ2) is 9.61. The van der Waals surface area contributed by atoms with Crippen LogP contribution in [0, 0.1) is 0 Å². The number of hydrogen-bond acceptors (Lipinski definition) is 3. The van der Waals surface area contributed by atoms with Crippen LogP contribution in [0.15, 0.2) is 35.3 Å². The molecule has 1 fully saturated rings. The van der Waals surface area contributed by atoms with Gasteiger partial charge in [-0.2, -0.15) is 31.4 Å². The molecule has 1 heterocycles. The second-order valence-corrected chi connectivity index (χ2v) is 7.44. The van der Waals surface area contributed by atoms with Crippen LogP contribution in [0.4, 0.5) is 32.2 Å². The summed E-state index contributed by atoms with van der Waals surface area (Å²) >= 11 is 0. The Morgan fingerprint density at radius 1 is 0.969 bits per heavy atom. The monoisotopic (exact) mass is 461 g/mol. The molecule has 1 aliphatic rings. The number of alkyl halides is 6. The zero-order valence-corrected chi connectivity index (χ0v) is 16.8. The van der Waals surface area contributed by atoms with Gasteiger partial charge < -0.3 is 5.32 Å². The first kappa shape index (κ1) is 23.6. The molecular formula is C20H21F6N5O. The third-order valence-corrected chi connectivity index (χ3v) is 4.97. The van der Waals surface area contributed by atoms with Gasteiger partial charge in [0, 0.05) is 11.6 Å². The van der Waals surface area contributed by atoms with Gasteiger partial charge >= 0.3 is 12.4 Å². The number of guanidine groups is 1. The Kier molecular flexibility index (Phi) is 7.09. The number of H-pyrrole nitrogens is 1. The molecule has 2 aromatic rings. The van der Waals surface area contributed by atoms with Crippen LogP contribution in [0.3, 0.4) is 0 Å². The predicted octanol–water partition coefficient (Wildman–Crippen LogP) is 5.37. The summed E-state index contributed by atoms with van der Waals surface area (Å²) in [7, 11) is 0. The van der Waals surface area contributed by atoms with Gasteiger partial charge in [0.15, 0.2) is 5.82 Å². The molecule has 12 heteroatoms. The number of aliphatic imine (C=N–C) groups is 1. The van der Waals surface area contributed by atoms with E-state index in [4.69, 9.17) is 0 Å². The molecule has 1 amide bonds. The van der Waals surface area contributed by atoms with Crippen LogP contribution in [0.1, 0.15) is 60.1 Å². The lowest BCUT2D eigenvalue weighted by Gasteiger charge is -2.15. The molecule has 0 spiro atoms. The van der Waals surface area contributed by atoms with E-state index < -0.39 is 29.5 Å². The van der Waals surface area contributed by atoms with Gasteiger partial charge in [-0.25, -0.2) is 4.99 Å². The van der Waals surface area contributed by atoms with Crippen molar-refractivity contribution in [2.45, 2.75) is 56.9 Å². The number of benzene rings is 1. The number of carbonyl (C=O) groups excluding carboxylic acids is 1. The van der Waals surface area contributed by atoms with Crippen LogP contribution in [0.5, 0.6) is 0 Å². The van der Waals surface area contributed by atoms with Crippen molar-refractivity contribution in [3.05, 3.63) is 47.2 Å². The van der Waals surface area contributed by atoms with Crippen LogP contribution < -0.4 is 10.6 Å². The summed E-state index contributed by atoms with van der Waals surface area (Å²) in [6.45, 7) is 0. The highest BCUT2D eigenvalue weighted by molar-refractivity contribution is 6.09. The van der Waals surface area contributed by atoms with Crippen molar-refractivity contribution in [3.63, 3.8) is 0 Å². The standard InChI is InChI=1S/C20H21F6N5O/c21-19(22,23)13-9-7-12(8-10-13)17(32)29-18(27-14-5-3-1-2-4-6-14)28-16-11-15(30-31-16)20(24,25)26/h7-11,14H,1-6H2,(H3,27,28,29,30,31,32). The molecule has 3 N–H and O–H groups in total. The first-order chi connectivity index (χ1) is 15.0. The van der Waals surface area contributed by atoms with Gasteiger partial charge in [-0.1, -0.05) is 25.7 Å². The lowest BCUT2D eigenvalue weighted by molar-refractivity contribution is -0.141. The van der Waals surface area contributed by atoms with E-state index >= 15 is 0 Å².